The molecular formula is C15H13ClN2O. The smallest absolute Gasteiger partial charge is 0.123 e. The lowest BCUT2D eigenvalue weighted by atomic mass is 10.2. The Labute approximate surface area is 117 Å². The van der Waals surface area contributed by atoms with Crippen LogP contribution in [0.2, 0.25) is 5.02 Å². The Morgan fingerprint density at radius 1 is 1.37 bits per heavy atom. The number of rotatable bonds is 4. The van der Waals surface area contributed by atoms with Gasteiger partial charge in [-0.25, -0.2) is 0 Å². The van der Waals surface area contributed by atoms with Gasteiger partial charge in [0, 0.05) is 6.04 Å². The van der Waals surface area contributed by atoms with Crippen molar-refractivity contribution in [1.82, 2.24) is 0 Å². The van der Waals surface area contributed by atoms with E-state index in [-0.39, 0.29) is 0 Å². The maximum atomic E-state index is 8.88. The number of anilines is 1. The van der Waals surface area contributed by atoms with Gasteiger partial charge < -0.3 is 9.32 Å². The Morgan fingerprint density at radius 2 is 2.21 bits per heavy atom. The van der Waals surface area contributed by atoms with Crippen molar-refractivity contribution in [2.24, 2.45) is 0 Å². The summed E-state index contributed by atoms with van der Waals surface area (Å²) in [5.41, 5.74) is 1.56. The van der Waals surface area contributed by atoms with Gasteiger partial charge in [0.05, 0.1) is 35.2 Å². The van der Waals surface area contributed by atoms with Gasteiger partial charge in [-0.05, 0) is 43.2 Å². The highest BCUT2D eigenvalue weighted by Gasteiger charge is 2.30. The van der Waals surface area contributed by atoms with Crippen molar-refractivity contribution in [3.05, 3.63) is 52.9 Å². The molecule has 0 atom stereocenters. The van der Waals surface area contributed by atoms with Crippen molar-refractivity contribution in [1.29, 1.82) is 5.26 Å². The number of hydrogen-bond acceptors (Lipinski definition) is 3. The van der Waals surface area contributed by atoms with Crippen molar-refractivity contribution < 1.29 is 4.42 Å². The van der Waals surface area contributed by atoms with E-state index in [1.165, 1.54) is 12.8 Å². The third-order valence-corrected chi connectivity index (χ3v) is 3.58. The van der Waals surface area contributed by atoms with Crippen LogP contribution in [-0.2, 0) is 6.54 Å². The molecule has 0 radical (unpaired) electrons. The first-order valence-corrected chi connectivity index (χ1v) is 6.64. The lowest BCUT2D eigenvalue weighted by molar-refractivity contribution is 0.501. The molecule has 0 unspecified atom stereocenters. The molecule has 96 valence electrons. The van der Waals surface area contributed by atoms with Gasteiger partial charge >= 0.3 is 0 Å². The molecule has 3 nitrogen and oxygen atoms in total. The van der Waals surface area contributed by atoms with E-state index in [0.29, 0.717) is 23.2 Å². The number of hydrogen-bond donors (Lipinski definition) is 0. The first-order chi connectivity index (χ1) is 9.28. The van der Waals surface area contributed by atoms with Crippen LogP contribution in [0, 0.1) is 11.3 Å². The highest BCUT2D eigenvalue weighted by Crippen LogP contribution is 2.37. The number of nitrogens with zero attached hydrogens (tertiary/aromatic N) is 2. The van der Waals surface area contributed by atoms with E-state index in [0.717, 1.165) is 11.4 Å². The zero-order chi connectivity index (χ0) is 13.2. The molecule has 0 N–H and O–H groups in total. The fraction of sp³-hybridized carbons (Fsp3) is 0.267. The van der Waals surface area contributed by atoms with E-state index in [9.17, 15) is 0 Å². The number of furan rings is 1. The molecule has 1 aliphatic rings. The van der Waals surface area contributed by atoms with E-state index < -0.39 is 0 Å². The molecule has 1 aromatic heterocycles. The lowest BCUT2D eigenvalue weighted by Crippen LogP contribution is -2.25. The van der Waals surface area contributed by atoms with Crippen LogP contribution in [0.4, 0.5) is 5.69 Å². The summed E-state index contributed by atoms with van der Waals surface area (Å²) in [6.07, 6.45) is 4.04. The Bertz CT molecular complexity index is 612. The molecule has 19 heavy (non-hydrogen) atoms. The number of nitriles is 1. The molecule has 1 heterocycles. The molecule has 2 aromatic rings. The van der Waals surface area contributed by atoms with Crippen LogP contribution in [-0.4, -0.2) is 6.04 Å². The largest absolute Gasteiger partial charge is 0.467 e. The molecule has 4 heteroatoms. The standard InChI is InChI=1S/C15H13ClN2O/c16-14-8-11(9-17)3-6-15(14)18(12-4-5-12)10-13-2-1-7-19-13/h1-3,6-8,12H,4-5,10H2. The molecule has 0 aliphatic heterocycles. The summed E-state index contributed by atoms with van der Waals surface area (Å²) in [6.45, 7) is 0.712. The molecule has 0 bridgehead atoms. The van der Waals surface area contributed by atoms with Crippen molar-refractivity contribution in [2.75, 3.05) is 4.90 Å². The summed E-state index contributed by atoms with van der Waals surface area (Å²) in [5, 5.41) is 9.51. The average molecular weight is 273 g/mol. The summed E-state index contributed by atoms with van der Waals surface area (Å²) in [6, 6.07) is 11.9. The zero-order valence-electron chi connectivity index (χ0n) is 10.3. The molecule has 0 spiro atoms. The predicted octanol–water partition coefficient (Wildman–Crippen LogP) is 3.97. The van der Waals surface area contributed by atoms with Gasteiger partial charge in [0.2, 0.25) is 0 Å². The minimum absolute atomic E-state index is 0.524. The van der Waals surface area contributed by atoms with E-state index in [1.54, 1.807) is 18.4 Å². The van der Waals surface area contributed by atoms with Gasteiger partial charge in [-0.15, -0.1) is 0 Å². The van der Waals surface area contributed by atoms with Crippen molar-refractivity contribution >= 4 is 17.3 Å². The zero-order valence-corrected chi connectivity index (χ0v) is 11.1. The molecular weight excluding hydrogens is 260 g/mol. The summed E-state index contributed by atoms with van der Waals surface area (Å²) < 4.78 is 5.41. The van der Waals surface area contributed by atoms with Gasteiger partial charge in [-0.3, -0.25) is 0 Å². The highest BCUT2D eigenvalue weighted by atomic mass is 35.5. The highest BCUT2D eigenvalue weighted by molar-refractivity contribution is 6.33. The second-order valence-corrected chi connectivity index (χ2v) is 5.12. The summed E-state index contributed by atoms with van der Waals surface area (Å²) in [4.78, 5) is 2.25. The monoisotopic (exact) mass is 272 g/mol. The van der Waals surface area contributed by atoms with Crippen molar-refractivity contribution in [3.8, 4) is 6.07 Å². The Morgan fingerprint density at radius 3 is 2.79 bits per heavy atom. The second-order valence-electron chi connectivity index (χ2n) is 4.72. The van der Waals surface area contributed by atoms with Crippen LogP contribution in [0.25, 0.3) is 0 Å². The minimum Gasteiger partial charge on any atom is -0.467 e. The third-order valence-electron chi connectivity index (χ3n) is 3.28. The maximum Gasteiger partial charge on any atom is 0.123 e. The van der Waals surface area contributed by atoms with Gasteiger partial charge in [0.1, 0.15) is 5.76 Å². The topological polar surface area (TPSA) is 40.2 Å². The van der Waals surface area contributed by atoms with Crippen molar-refractivity contribution in [3.63, 3.8) is 0 Å². The van der Waals surface area contributed by atoms with Crippen LogP contribution in [0.3, 0.4) is 0 Å². The average Bonchev–Trinajstić information content (AvgIpc) is 3.14. The van der Waals surface area contributed by atoms with Gasteiger partial charge in [-0.2, -0.15) is 5.26 Å². The molecule has 0 amide bonds. The normalized spacial score (nSPS) is 14.1. The van der Waals surface area contributed by atoms with Crippen LogP contribution in [0.1, 0.15) is 24.2 Å². The van der Waals surface area contributed by atoms with E-state index in [1.807, 2.05) is 18.2 Å². The maximum absolute atomic E-state index is 8.88. The molecule has 3 rings (SSSR count). The van der Waals surface area contributed by atoms with Crippen LogP contribution in [0.5, 0.6) is 0 Å². The molecule has 0 saturated heterocycles. The van der Waals surface area contributed by atoms with Crippen LogP contribution >= 0.6 is 11.6 Å². The second kappa shape index (κ2) is 4.99. The lowest BCUT2D eigenvalue weighted by Gasteiger charge is -2.24. The number of halogens is 1. The molecule has 1 saturated carbocycles. The van der Waals surface area contributed by atoms with Gasteiger partial charge in [0.15, 0.2) is 0 Å². The van der Waals surface area contributed by atoms with Gasteiger partial charge in [-0.1, -0.05) is 11.6 Å². The predicted molar refractivity (Wildman–Crippen MR) is 74.1 cm³/mol. The quantitative estimate of drug-likeness (QED) is 0.845. The molecule has 1 aromatic carbocycles. The first kappa shape index (κ1) is 12.1. The third kappa shape index (κ3) is 2.59. The Balaban J connectivity index is 1.90. The first-order valence-electron chi connectivity index (χ1n) is 6.26. The van der Waals surface area contributed by atoms with Crippen molar-refractivity contribution in [2.45, 2.75) is 25.4 Å². The summed E-state index contributed by atoms with van der Waals surface area (Å²) >= 11 is 6.29. The van der Waals surface area contributed by atoms with E-state index >= 15 is 0 Å². The van der Waals surface area contributed by atoms with Gasteiger partial charge in [0.25, 0.3) is 0 Å². The minimum atomic E-state index is 0.524. The summed E-state index contributed by atoms with van der Waals surface area (Å²) in [7, 11) is 0. The van der Waals surface area contributed by atoms with E-state index in [2.05, 4.69) is 11.0 Å². The Kier molecular flexibility index (Phi) is 3.18. The Hall–Kier alpha value is -1.92. The van der Waals surface area contributed by atoms with E-state index in [4.69, 9.17) is 21.3 Å². The fourth-order valence-electron chi connectivity index (χ4n) is 2.18. The molecule has 1 aliphatic carbocycles. The molecule has 1 fully saturated rings. The van der Waals surface area contributed by atoms with Crippen LogP contribution in [0.15, 0.2) is 41.0 Å². The number of benzene rings is 1. The summed E-state index contributed by atoms with van der Waals surface area (Å²) in [5.74, 6) is 0.923. The van der Waals surface area contributed by atoms with Crippen LogP contribution < -0.4 is 4.90 Å². The fourth-order valence-corrected chi connectivity index (χ4v) is 2.47. The SMILES string of the molecule is N#Cc1ccc(N(Cc2ccco2)C2CC2)c(Cl)c1.